The van der Waals surface area contributed by atoms with Crippen molar-refractivity contribution in [2.75, 3.05) is 6.61 Å². The Morgan fingerprint density at radius 3 is 2.90 bits per heavy atom. The summed E-state index contributed by atoms with van der Waals surface area (Å²) in [6.45, 7) is 2.67. The van der Waals surface area contributed by atoms with E-state index in [1.54, 1.807) is 0 Å². The third-order valence-corrected chi connectivity index (χ3v) is 3.59. The van der Waals surface area contributed by atoms with Crippen LogP contribution in [0.5, 0.6) is 0 Å². The lowest BCUT2D eigenvalue weighted by atomic mass is 9.98. The zero-order valence-electron chi connectivity index (χ0n) is 11.7. The number of benzene rings is 1. The van der Waals surface area contributed by atoms with E-state index in [1.807, 2.05) is 37.3 Å². The molecule has 3 unspecified atom stereocenters. The topological polar surface area (TPSA) is 62.1 Å². The van der Waals surface area contributed by atoms with Gasteiger partial charge in [0, 0.05) is 12.6 Å². The summed E-state index contributed by atoms with van der Waals surface area (Å²) >= 11 is 0. The lowest BCUT2D eigenvalue weighted by Crippen LogP contribution is -2.44. The number of hydrogen-bond donors (Lipinski definition) is 1. The molecular formula is C16H20N2O2. The predicted molar refractivity (Wildman–Crippen MR) is 75.8 cm³/mol. The number of ether oxygens (including phenoxy) is 1. The molecule has 3 atom stereocenters. The second kappa shape index (κ2) is 7.06. The van der Waals surface area contributed by atoms with Crippen molar-refractivity contribution in [3.05, 3.63) is 35.9 Å². The molecule has 1 fully saturated rings. The summed E-state index contributed by atoms with van der Waals surface area (Å²) in [5.74, 6) is -0.800. The molecule has 1 N–H and O–H groups in total. The Morgan fingerprint density at radius 2 is 2.25 bits per heavy atom. The maximum Gasteiger partial charge on any atom is 0.237 e. The molecule has 0 aromatic heterocycles. The number of carbonyl (C=O) groups is 1. The maximum atomic E-state index is 12.2. The third-order valence-electron chi connectivity index (χ3n) is 3.59. The third kappa shape index (κ3) is 4.07. The van der Waals surface area contributed by atoms with Gasteiger partial charge in [0.05, 0.1) is 12.2 Å². The Hall–Kier alpha value is -1.86. The van der Waals surface area contributed by atoms with Crippen LogP contribution in [-0.4, -0.2) is 24.7 Å². The van der Waals surface area contributed by atoms with Crippen LogP contribution in [0.2, 0.25) is 0 Å². The average Bonchev–Trinajstić information content (AvgIpc) is 2.45. The average molecular weight is 272 g/mol. The van der Waals surface area contributed by atoms with Crippen LogP contribution in [0.25, 0.3) is 0 Å². The molecule has 20 heavy (non-hydrogen) atoms. The van der Waals surface area contributed by atoms with Crippen molar-refractivity contribution in [1.29, 1.82) is 5.26 Å². The molecule has 4 nitrogen and oxygen atoms in total. The Bertz CT molecular complexity index is 481. The van der Waals surface area contributed by atoms with Crippen molar-refractivity contribution in [2.45, 2.75) is 38.3 Å². The van der Waals surface area contributed by atoms with Crippen LogP contribution in [0.4, 0.5) is 0 Å². The van der Waals surface area contributed by atoms with Crippen LogP contribution in [0, 0.1) is 17.2 Å². The van der Waals surface area contributed by atoms with E-state index in [0.717, 1.165) is 18.4 Å². The maximum absolute atomic E-state index is 12.2. The Balaban J connectivity index is 1.91. The van der Waals surface area contributed by atoms with Crippen LogP contribution < -0.4 is 5.32 Å². The largest absolute Gasteiger partial charge is 0.378 e. The van der Waals surface area contributed by atoms with Gasteiger partial charge in [-0.3, -0.25) is 4.79 Å². The SMILES string of the molecule is CC1CC(NC(=O)C(C#N)Cc2ccccc2)CCO1. The Kier molecular flexibility index (Phi) is 5.14. The lowest BCUT2D eigenvalue weighted by Gasteiger charge is -2.28. The zero-order valence-corrected chi connectivity index (χ0v) is 11.7. The number of nitrogens with zero attached hydrogens (tertiary/aromatic N) is 1. The zero-order chi connectivity index (χ0) is 14.4. The highest BCUT2D eigenvalue weighted by atomic mass is 16.5. The molecule has 4 heteroatoms. The van der Waals surface area contributed by atoms with E-state index in [4.69, 9.17) is 4.74 Å². The minimum Gasteiger partial charge on any atom is -0.378 e. The number of nitrogens with one attached hydrogen (secondary N) is 1. The van der Waals surface area contributed by atoms with Gasteiger partial charge in [-0.25, -0.2) is 0 Å². The van der Waals surface area contributed by atoms with Gasteiger partial charge < -0.3 is 10.1 Å². The molecule has 0 spiro atoms. The summed E-state index contributed by atoms with van der Waals surface area (Å²) in [4.78, 5) is 12.2. The van der Waals surface area contributed by atoms with Crippen LogP contribution in [0.15, 0.2) is 30.3 Å². The molecule has 1 saturated heterocycles. The van der Waals surface area contributed by atoms with E-state index in [1.165, 1.54) is 0 Å². The predicted octanol–water partition coefficient (Wildman–Crippen LogP) is 2.05. The van der Waals surface area contributed by atoms with Gasteiger partial charge in [0.2, 0.25) is 5.91 Å². The van der Waals surface area contributed by atoms with Crippen LogP contribution in [-0.2, 0) is 16.0 Å². The smallest absolute Gasteiger partial charge is 0.237 e. The van der Waals surface area contributed by atoms with Crippen molar-refractivity contribution < 1.29 is 9.53 Å². The van der Waals surface area contributed by atoms with E-state index in [9.17, 15) is 10.1 Å². The van der Waals surface area contributed by atoms with Crippen molar-refractivity contribution in [3.63, 3.8) is 0 Å². The first-order valence-corrected chi connectivity index (χ1v) is 7.04. The Labute approximate surface area is 119 Å². The normalized spacial score (nSPS) is 23.6. The number of rotatable bonds is 4. The van der Waals surface area contributed by atoms with E-state index in [0.29, 0.717) is 13.0 Å². The molecule has 0 bridgehead atoms. The summed E-state index contributed by atoms with van der Waals surface area (Å²) in [6.07, 6.45) is 2.26. The highest BCUT2D eigenvalue weighted by molar-refractivity contribution is 5.81. The Morgan fingerprint density at radius 1 is 1.50 bits per heavy atom. The summed E-state index contributed by atoms with van der Waals surface area (Å²) in [6, 6.07) is 11.9. The number of nitriles is 1. The first kappa shape index (κ1) is 14.5. The van der Waals surface area contributed by atoms with Gasteiger partial charge in [0.1, 0.15) is 5.92 Å². The summed E-state index contributed by atoms with van der Waals surface area (Å²) in [5, 5.41) is 12.2. The molecule has 1 amide bonds. The molecule has 0 aliphatic carbocycles. The molecule has 1 aromatic rings. The standard InChI is InChI=1S/C16H20N2O2/c1-12-9-15(7-8-20-12)18-16(19)14(11-17)10-13-5-3-2-4-6-13/h2-6,12,14-15H,7-10H2,1H3,(H,18,19). The quantitative estimate of drug-likeness (QED) is 0.912. The van der Waals surface area contributed by atoms with Crippen molar-refractivity contribution >= 4 is 5.91 Å². The van der Waals surface area contributed by atoms with Crippen molar-refractivity contribution in [1.82, 2.24) is 5.32 Å². The highest BCUT2D eigenvalue weighted by Crippen LogP contribution is 2.15. The van der Waals surface area contributed by atoms with E-state index < -0.39 is 5.92 Å². The molecule has 0 radical (unpaired) electrons. The fraction of sp³-hybridized carbons (Fsp3) is 0.500. The molecule has 1 aromatic carbocycles. The van der Waals surface area contributed by atoms with E-state index in [-0.39, 0.29) is 18.1 Å². The van der Waals surface area contributed by atoms with Gasteiger partial charge in [-0.05, 0) is 31.7 Å². The second-order valence-corrected chi connectivity index (χ2v) is 5.28. The summed E-state index contributed by atoms with van der Waals surface area (Å²) < 4.78 is 5.46. The molecule has 0 saturated carbocycles. The van der Waals surface area contributed by atoms with Gasteiger partial charge >= 0.3 is 0 Å². The summed E-state index contributed by atoms with van der Waals surface area (Å²) in [5.41, 5.74) is 1.01. The minimum absolute atomic E-state index is 0.123. The number of hydrogen-bond acceptors (Lipinski definition) is 3. The van der Waals surface area contributed by atoms with Crippen molar-refractivity contribution in [2.24, 2.45) is 5.92 Å². The molecular weight excluding hydrogens is 252 g/mol. The molecule has 2 rings (SSSR count). The number of carbonyl (C=O) groups excluding carboxylic acids is 1. The van der Waals surface area contributed by atoms with E-state index >= 15 is 0 Å². The molecule has 106 valence electrons. The van der Waals surface area contributed by atoms with Crippen LogP contribution >= 0.6 is 0 Å². The lowest BCUT2D eigenvalue weighted by molar-refractivity contribution is -0.125. The van der Waals surface area contributed by atoms with Gasteiger partial charge in [-0.15, -0.1) is 0 Å². The first-order chi connectivity index (χ1) is 9.69. The van der Waals surface area contributed by atoms with E-state index in [2.05, 4.69) is 11.4 Å². The van der Waals surface area contributed by atoms with Gasteiger partial charge in [-0.1, -0.05) is 30.3 Å². The van der Waals surface area contributed by atoms with Gasteiger partial charge in [0.15, 0.2) is 0 Å². The molecule has 1 aliphatic heterocycles. The van der Waals surface area contributed by atoms with Crippen LogP contribution in [0.1, 0.15) is 25.3 Å². The van der Waals surface area contributed by atoms with Crippen molar-refractivity contribution in [3.8, 4) is 6.07 Å². The summed E-state index contributed by atoms with van der Waals surface area (Å²) in [7, 11) is 0. The number of amides is 1. The molecule has 1 heterocycles. The van der Waals surface area contributed by atoms with Gasteiger partial charge in [0.25, 0.3) is 0 Å². The van der Waals surface area contributed by atoms with Crippen LogP contribution in [0.3, 0.4) is 0 Å². The highest BCUT2D eigenvalue weighted by Gasteiger charge is 2.25. The fourth-order valence-corrected chi connectivity index (χ4v) is 2.48. The molecule has 1 aliphatic rings. The van der Waals surface area contributed by atoms with Gasteiger partial charge in [-0.2, -0.15) is 5.26 Å². The minimum atomic E-state index is -0.629. The first-order valence-electron chi connectivity index (χ1n) is 7.04. The monoisotopic (exact) mass is 272 g/mol. The second-order valence-electron chi connectivity index (χ2n) is 5.28. The fourth-order valence-electron chi connectivity index (χ4n) is 2.48.